The fourth-order valence-electron chi connectivity index (χ4n) is 3.36. The molecule has 0 saturated carbocycles. The van der Waals surface area contributed by atoms with Gasteiger partial charge in [-0.2, -0.15) is 5.10 Å². The molecule has 0 aromatic heterocycles. The Hall–Kier alpha value is -3.43. The lowest BCUT2D eigenvalue weighted by Crippen LogP contribution is -2.48. The summed E-state index contributed by atoms with van der Waals surface area (Å²) in [7, 11) is 1.51. The lowest BCUT2D eigenvalue weighted by atomic mass is 10.0. The Labute approximate surface area is 228 Å². The Kier molecular flexibility index (Phi) is 10.0. The van der Waals surface area contributed by atoms with Gasteiger partial charge in [0.15, 0.2) is 11.5 Å². The molecule has 2 amide bonds. The van der Waals surface area contributed by atoms with Crippen molar-refractivity contribution >= 4 is 45.6 Å². The molecule has 3 aromatic rings. The molecule has 0 heterocycles. The number of carbonyl (C=O) groups is 2. The van der Waals surface area contributed by atoms with Crippen LogP contribution in [0.2, 0.25) is 5.02 Å². The van der Waals surface area contributed by atoms with Crippen LogP contribution < -0.4 is 20.2 Å². The molecule has 0 spiro atoms. The number of amides is 2. The van der Waals surface area contributed by atoms with E-state index in [1.807, 2.05) is 18.2 Å². The van der Waals surface area contributed by atoms with Crippen molar-refractivity contribution < 1.29 is 23.5 Å². The van der Waals surface area contributed by atoms with Crippen molar-refractivity contribution in [3.63, 3.8) is 0 Å². The van der Waals surface area contributed by atoms with Crippen molar-refractivity contribution in [1.29, 1.82) is 0 Å². The highest BCUT2D eigenvalue weighted by Gasteiger charge is 2.25. The molecule has 0 bridgehead atoms. The van der Waals surface area contributed by atoms with Crippen LogP contribution in [0.25, 0.3) is 0 Å². The number of hydrogen-bond donors (Lipinski definition) is 2. The number of nitrogens with one attached hydrogen (secondary N) is 2. The summed E-state index contributed by atoms with van der Waals surface area (Å²) >= 11 is 9.69. The number of hydrazone groups is 1. The second-order valence-corrected chi connectivity index (χ2v) is 9.58. The topological polar surface area (TPSA) is 89.0 Å². The second-order valence-electron chi connectivity index (χ2n) is 8.32. The molecule has 7 nitrogen and oxygen atoms in total. The molecule has 10 heteroatoms. The van der Waals surface area contributed by atoms with Crippen LogP contribution in [-0.2, 0) is 11.4 Å². The number of benzene rings is 3. The minimum absolute atomic E-state index is 0.141. The van der Waals surface area contributed by atoms with Gasteiger partial charge in [-0.05, 0) is 57.7 Å². The zero-order valence-electron chi connectivity index (χ0n) is 20.4. The Morgan fingerprint density at radius 1 is 1.14 bits per heavy atom. The molecule has 3 rings (SSSR count). The van der Waals surface area contributed by atoms with E-state index in [-0.39, 0.29) is 18.1 Å². The third-order valence-electron chi connectivity index (χ3n) is 5.32. The summed E-state index contributed by atoms with van der Waals surface area (Å²) in [5.41, 5.74) is 3.73. The fraction of sp³-hybridized carbons (Fsp3) is 0.222. The maximum Gasteiger partial charge on any atom is 0.262 e. The van der Waals surface area contributed by atoms with Gasteiger partial charge in [0.25, 0.3) is 11.8 Å². The van der Waals surface area contributed by atoms with Gasteiger partial charge in [-0.15, -0.1) is 0 Å². The molecular weight excluding hydrogens is 565 g/mol. The van der Waals surface area contributed by atoms with Crippen LogP contribution in [0.5, 0.6) is 11.5 Å². The van der Waals surface area contributed by atoms with E-state index in [2.05, 4.69) is 31.8 Å². The molecule has 0 aliphatic carbocycles. The van der Waals surface area contributed by atoms with Crippen LogP contribution in [-0.4, -0.2) is 31.2 Å². The molecular formula is C27H26BrClFN3O4. The maximum absolute atomic E-state index is 13.9. The molecule has 2 N–H and O–H groups in total. The van der Waals surface area contributed by atoms with E-state index in [4.69, 9.17) is 21.1 Å². The van der Waals surface area contributed by atoms with Crippen LogP contribution in [0.4, 0.5) is 4.39 Å². The Bertz CT molecular complexity index is 1300. The highest BCUT2D eigenvalue weighted by atomic mass is 79.9. The zero-order chi connectivity index (χ0) is 26.9. The molecule has 0 saturated heterocycles. The normalized spacial score (nSPS) is 11.9. The summed E-state index contributed by atoms with van der Waals surface area (Å²) in [6.07, 6.45) is 1.43. The van der Waals surface area contributed by atoms with E-state index in [0.29, 0.717) is 26.6 Å². The largest absolute Gasteiger partial charge is 0.493 e. The van der Waals surface area contributed by atoms with Gasteiger partial charge in [0.2, 0.25) is 0 Å². The van der Waals surface area contributed by atoms with Crippen molar-refractivity contribution in [2.24, 2.45) is 11.0 Å². The molecule has 1 unspecified atom stereocenters. The monoisotopic (exact) mass is 589 g/mol. The number of hydrogen-bond acceptors (Lipinski definition) is 5. The molecule has 0 fully saturated rings. The maximum atomic E-state index is 13.9. The van der Waals surface area contributed by atoms with Gasteiger partial charge in [-0.3, -0.25) is 9.59 Å². The van der Waals surface area contributed by atoms with E-state index in [1.54, 1.807) is 38.1 Å². The lowest BCUT2D eigenvalue weighted by molar-refractivity contribution is -0.123. The average Bonchev–Trinajstić information content (AvgIpc) is 2.87. The molecule has 3 aromatic carbocycles. The average molecular weight is 591 g/mol. The Balaban J connectivity index is 1.67. The highest BCUT2D eigenvalue weighted by Crippen LogP contribution is 2.37. The molecule has 1 atom stereocenters. The SMILES string of the molecule is COc1cc(C=NNC(=O)C(NC(=O)c2ccccc2F)C(C)C)cc(Br)c1OCc1ccccc1Cl. The van der Waals surface area contributed by atoms with E-state index < -0.39 is 23.7 Å². The van der Waals surface area contributed by atoms with E-state index in [9.17, 15) is 14.0 Å². The van der Waals surface area contributed by atoms with Gasteiger partial charge < -0.3 is 14.8 Å². The third-order valence-corrected chi connectivity index (χ3v) is 6.28. The smallest absolute Gasteiger partial charge is 0.262 e. The number of halogens is 3. The van der Waals surface area contributed by atoms with Crippen LogP contribution in [0, 0.1) is 11.7 Å². The molecule has 0 aliphatic heterocycles. The summed E-state index contributed by atoms with van der Waals surface area (Å²) < 4.78 is 25.9. The van der Waals surface area contributed by atoms with Gasteiger partial charge in [-0.1, -0.05) is 55.8 Å². The first kappa shape index (κ1) is 28.1. The number of nitrogens with zero attached hydrogens (tertiary/aromatic N) is 1. The fourth-order valence-corrected chi connectivity index (χ4v) is 4.12. The lowest BCUT2D eigenvalue weighted by Gasteiger charge is -2.20. The first-order chi connectivity index (χ1) is 17.7. The van der Waals surface area contributed by atoms with E-state index >= 15 is 0 Å². The summed E-state index contributed by atoms with van der Waals surface area (Å²) in [4.78, 5) is 25.2. The Morgan fingerprint density at radius 3 is 2.51 bits per heavy atom. The van der Waals surface area contributed by atoms with Crippen molar-refractivity contribution in [3.8, 4) is 11.5 Å². The zero-order valence-corrected chi connectivity index (χ0v) is 22.8. The minimum Gasteiger partial charge on any atom is -0.493 e. The first-order valence-electron chi connectivity index (χ1n) is 11.3. The van der Waals surface area contributed by atoms with Crippen molar-refractivity contribution in [1.82, 2.24) is 10.7 Å². The van der Waals surface area contributed by atoms with Crippen molar-refractivity contribution in [2.75, 3.05) is 7.11 Å². The third kappa shape index (κ3) is 7.53. The highest BCUT2D eigenvalue weighted by molar-refractivity contribution is 9.10. The van der Waals surface area contributed by atoms with Gasteiger partial charge in [0, 0.05) is 10.6 Å². The van der Waals surface area contributed by atoms with Gasteiger partial charge in [-0.25, -0.2) is 9.82 Å². The molecule has 0 aliphatic rings. The second kappa shape index (κ2) is 13.2. The van der Waals surface area contributed by atoms with Crippen LogP contribution in [0.15, 0.2) is 70.2 Å². The summed E-state index contributed by atoms with van der Waals surface area (Å²) in [6, 6.07) is 15.5. The standard InChI is InChI=1S/C27H26BrClFN3O4/c1-16(2)24(32-26(34)19-9-5-7-11-22(19)30)27(35)33-31-14-17-12-20(28)25(23(13-17)36-3)37-15-18-8-4-6-10-21(18)29/h4-14,16,24H,15H2,1-3H3,(H,32,34)(H,33,35). The quantitative estimate of drug-likeness (QED) is 0.233. The van der Waals surface area contributed by atoms with E-state index in [0.717, 1.165) is 5.56 Å². The van der Waals surface area contributed by atoms with Crippen molar-refractivity contribution in [2.45, 2.75) is 26.5 Å². The predicted molar refractivity (Wildman–Crippen MR) is 145 cm³/mol. The molecule has 0 radical (unpaired) electrons. The van der Waals surface area contributed by atoms with E-state index in [1.165, 1.54) is 31.5 Å². The van der Waals surface area contributed by atoms with Gasteiger partial charge >= 0.3 is 0 Å². The number of rotatable bonds is 10. The van der Waals surface area contributed by atoms with Crippen molar-refractivity contribution in [3.05, 3.63) is 92.7 Å². The molecule has 37 heavy (non-hydrogen) atoms. The van der Waals surface area contributed by atoms with Crippen LogP contribution >= 0.6 is 27.5 Å². The first-order valence-corrected chi connectivity index (χ1v) is 12.5. The van der Waals surface area contributed by atoms with Gasteiger partial charge in [0.05, 0.1) is 23.4 Å². The Morgan fingerprint density at radius 2 is 1.84 bits per heavy atom. The minimum atomic E-state index is -0.925. The molecule has 194 valence electrons. The number of methoxy groups -OCH3 is 1. The summed E-state index contributed by atoms with van der Waals surface area (Å²) in [5.74, 6) is -1.22. The van der Waals surface area contributed by atoms with Crippen LogP contribution in [0.1, 0.15) is 35.3 Å². The van der Waals surface area contributed by atoms with Gasteiger partial charge in [0.1, 0.15) is 18.5 Å². The van der Waals surface area contributed by atoms with Crippen LogP contribution in [0.3, 0.4) is 0 Å². The number of ether oxygens (including phenoxy) is 2. The predicted octanol–water partition coefficient (Wildman–Crippen LogP) is 5.73. The number of carbonyl (C=O) groups excluding carboxylic acids is 2. The summed E-state index contributed by atoms with van der Waals surface area (Å²) in [6.45, 7) is 3.77. The summed E-state index contributed by atoms with van der Waals surface area (Å²) in [5, 5.41) is 7.18.